The van der Waals surface area contributed by atoms with Crippen LogP contribution in [0, 0.1) is 0 Å². The maximum atomic E-state index is 10.5. The predicted molar refractivity (Wildman–Crippen MR) is 116 cm³/mol. The number of ether oxygens (including phenoxy) is 1. The van der Waals surface area contributed by atoms with Gasteiger partial charge in [-0.3, -0.25) is 0 Å². The molecule has 0 saturated carbocycles. The van der Waals surface area contributed by atoms with E-state index in [9.17, 15) is 10.2 Å². The molecule has 152 valence electrons. The third-order valence-electron chi connectivity index (χ3n) is 5.54. The third-order valence-corrected chi connectivity index (χ3v) is 5.54. The highest BCUT2D eigenvalue weighted by atomic mass is 16.5. The highest BCUT2D eigenvalue weighted by Crippen LogP contribution is 2.27. The summed E-state index contributed by atoms with van der Waals surface area (Å²) in [6.07, 6.45) is 6.44. The highest BCUT2D eigenvalue weighted by Gasteiger charge is 2.20. The number of aliphatic hydroxyl groups is 2. The monoisotopic (exact) mass is 382 g/mol. The van der Waals surface area contributed by atoms with Gasteiger partial charge < -0.3 is 14.9 Å². The predicted octanol–water partition coefficient (Wildman–Crippen LogP) is 5.88. The number of allylic oxidation sites excluding steroid dienone is 2. The van der Waals surface area contributed by atoms with E-state index in [4.69, 9.17) is 4.74 Å². The average molecular weight is 383 g/mol. The summed E-state index contributed by atoms with van der Waals surface area (Å²) in [4.78, 5) is 0. The number of aliphatic hydroxyl groups excluding tert-OH is 1. The maximum Gasteiger partial charge on any atom is 0.120 e. The first-order valence-corrected chi connectivity index (χ1v) is 10.4. The Morgan fingerprint density at radius 3 is 2.46 bits per heavy atom. The first-order chi connectivity index (χ1) is 13.5. The van der Waals surface area contributed by atoms with Crippen LogP contribution in [0.15, 0.2) is 54.6 Å². The van der Waals surface area contributed by atoms with Crippen molar-refractivity contribution in [3.05, 3.63) is 71.3 Å². The molecule has 3 nitrogen and oxygen atoms in total. The molecule has 0 radical (unpaired) electrons. The minimum absolute atomic E-state index is 0.0123. The Morgan fingerprint density at radius 2 is 1.79 bits per heavy atom. The molecule has 3 heteroatoms. The van der Waals surface area contributed by atoms with E-state index in [0.29, 0.717) is 6.61 Å². The summed E-state index contributed by atoms with van der Waals surface area (Å²) in [5, 5.41) is 19.8. The fourth-order valence-electron chi connectivity index (χ4n) is 3.42. The summed E-state index contributed by atoms with van der Waals surface area (Å²) in [7, 11) is 0. The van der Waals surface area contributed by atoms with E-state index in [0.717, 1.165) is 49.0 Å². The zero-order valence-corrected chi connectivity index (χ0v) is 17.4. The quantitative estimate of drug-likeness (QED) is 0.510. The molecule has 0 saturated heterocycles. The molecule has 0 unspecified atom stereocenters. The van der Waals surface area contributed by atoms with Crippen molar-refractivity contribution in [1.29, 1.82) is 0 Å². The molecule has 2 aromatic rings. The van der Waals surface area contributed by atoms with Crippen molar-refractivity contribution in [2.75, 3.05) is 0 Å². The molecule has 0 aliphatic heterocycles. The van der Waals surface area contributed by atoms with E-state index in [1.54, 1.807) is 0 Å². The lowest BCUT2D eigenvalue weighted by atomic mass is 9.90. The van der Waals surface area contributed by atoms with Crippen molar-refractivity contribution < 1.29 is 14.9 Å². The van der Waals surface area contributed by atoms with Crippen LogP contribution < -0.4 is 4.74 Å². The largest absolute Gasteiger partial charge is 0.489 e. The van der Waals surface area contributed by atoms with Crippen molar-refractivity contribution in [3.63, 3.8) is 0 Å². The van der Waals surface area contributed by atoms with Gasteiger partial charge in [-0.15, -0.1) is 0 Å². The van der Waals surface area contributed by atoms with Gasteiger partial charge in [0.25, 0.3) is 0 Å². The zero-order chi connectivity index (χ0) is 20.4. The Morgan fingerprint density at radius 1 is 1.04 bits per heavy atom. The lowest BCUT2D eigenvalue weighted by molar-refractivity contribution is 0.0246. The second kappa shape index (κ2) is 11.0. The van der Waals surface area contributed by atoms with E-state index in [1.165, 1.54) is 11.1 Å². The van der Waals surface area contributed by atoms with Crippen LogP contribution in [0.2, 0.25) is 0 Å². The molecule has 0 atom stereocenters. The summed E-state index contributed by atoms with van der Waals surface area (Å²) in [6.45, 7) is 6.76. The first kappa shape index (κ1) is 22.2. The fourth-order valence-corrected chi connectivity index (χ4v) is 3.42. The highest BCUT2D eigenvalue weighted by molar-refractivity contribution is 5.68. The number of hydrogen-bond acceptors (Lipinski definition) is 3. The zero-order valence-electron chi connectivity index (χ0n) is 17.4. The Kier molecular flexibility index (Phi) is 8.75. The molecular formula is C25H34O3. The van der Waals surface area contributed by atoms with Crippen molar-refractivity contribution in [3.8, 4) is 5.75 Å². The Balaban J connectivity index is 2.12. The van der Waals surface area contributed by atoms with Crippen LogP contribution in [0.1, 0.15) is 69.6 Å². The molecule has 0 bridgehead atoms. The normalized spacial score (nSPS) is 12.2. The summed E-state index contributed by atoms with van der Waals surface area (Å²) in [6, 6.07) is 15.9. The number of rotatable bonds is 11. The van der Waals surface area contributed by atoms with E-state index >= 15 is 0 Å². The van der Waals surface area contributed by atoms with Gasteiger partial charge in [-0.25, -0.2) is 0 Å². The summed E-state index contributed by atoms with van der Waals surface area (Å²) >= 11 is 0. The summed E-state index contributed by atoms with van der Waals surface area (Å²) < 4.78 is 5.99. The average Bonchev–Trinajstić information content (AvgIpc) is 2.75. The molecule has 0 spiro atoms. The lowest BCUT2D eigenvalue weighted by Gasteiger charge is -2.24. The molecule has 0 fully saturated rings. The van der Waals surface area contributed by atoms with Crippen LogP contribution in [0.3, 0.4) is 0 Å². The first-order valence-electron chi connectivity index (χ1n) is 10.4. The molecule has 0 aliphatic carbocycles. The SMILES string of the molecule is CC/C(=C\CCC(O)(CC)CC)c1ccccc1COc1cccc(CO)c1. The van der Waals surface area contributed by atoms with Gasteiger partial charge in [0.2, 0.25) is 0 Å². The topological polar surface area (TPSA) is 49.7 Å². The van der Waals surface area contributed by atoms with Gasteiger partial charge in [0.05, 0.1) is 12.2 Å². The van der Waals surface area contributed by atoms with Crippen LogP contribution in [0.4, 0.5) is 0 Å². The molecule has 0 aromatic heterocycles. The van der Waals surface area contributed by atoms with E-state index in [2.05, 4.69) is 31.2 Å². The molecule has 2 N–H and O–H groups in total. The lowest BCUT2D eigenvalue weighted by Crippen LogP contribution is -2.25. The van der Waals surface area contributed by atoms with Gasteiger partial charge in [-0.1, -0.05) is 63.2 Å². The van der Waals surface area contributed by atoms with Gasteiger partial charge in [0.1, 0.15) is 12.4 Å². The van der Waals surface area contributed by atoms with Crippen molar-refractivity contribution in [2.45, 2.75) is 71.7 Å². The molecule has 2 rings (SSSR count). The second-order valence-corrected chi connectivity index (χ2v) is 7.30. The van der Waals surface area contributed by atoms with Crippen molar-refractivity contribution >= 4 is 5.57 Å². The minimum Gasteiger partial charge on any atom is -0.489 e. The third kappa shape index (κ3) is 6.22. The van der Waals surface area contributed by atoms with Gasteiger partial charge >= 0.3 is 0 Å². The Labute approximate surface area is 169 Å². The summed E-state index contributed by atoms with van der Waals surface area (Å²) in [5.74, 6) is 0.763. The number of hydrogen-bond donors (Lipinski definition) is 2. The van der Waals surface area contributed by atoms with Gasteiger partial charge in [0, 0.05) is 0 Å². The van der Waals surface area contributed by atoms with Crippen molar-refractivity contribution in [1.82, 2.24) is 0 Å². The molecule has 0 aliphatic rings. The van der Waals surface area contributed by atoms with Gasteiger partial charge in [-0.05, 0) is 66.5 Å². The second-order valence-electron chi connectivity index (χ2n) is 7.30. The Bertz CT molecular complexity index is 760. The molecule has 0 amide bonds. The molecule has 0 heterocycles. The minimum atomic E-state index is -0.560. The Hall–Kier alpha value is -2.10. The van der Waals surface area contributed by atoms with E-state index in [1.807, 2.05) is 44.2 Å². The van der Waals surface area contributed by atoms with Gasteiger partial charge in [-0.2, -0.15) is 0 Å². The standard InChI is InChI=1S/C25H34O3/c1-4-21(13-10-16-25(27,5-2)6-3)24-15-8-7-12-22(24)19-28-23-14-9-11-20(17-23)18-26/h7-9,11-15,17,26-27H,4-6,10,16,18-19H2,1-3H3/b21-13+. The van der Waals surface area contributed by atoms with Crippen LogP contribution in [-0.4, -0.2) is 15.8 Å². The fraction of sp³-hybridized carbons (Fsp3) is 0.440. The maximum absolute atomic E-state index is 10.5. The van der Waals surface area contributed by atoms with Crippen LogP contribution in [-0.2, 0) is 13.2 Å². The molecule has 28 heavy (non-hydrogen) atoms. The molecular weight excluding hydrogens is 348 g/mol. The molecule has 2 aromatic carbocycles. The van der Waals surface area contributed by atoms with E-state index in [-0.39, 0.29) is 6.61 Å². The van der Waals surface area contributed by atoms with Crippen LogP contribution in [0.25, 0.3) is 5.57 Å². The number of benzene rings is 2. The smallest absolute Gasteiger partial charge is 0.120 e. The van der Waals surface area contributed by atoms with Crippen molar-refractivity contribution in [2.24, 2.45) is 0 Å². The van der Waals surface area contributed by atoms with Crippen LogP contribution >= 0.6 is 0 Å². The summed E-state index contributed by atoms with van der Waals surface area (Å²) in [5.41, 5.74) is 3.93. The van der Waals surface area contributed by atoms with Crippen LogP contribution in [0.5, 0.6) is 5.75 Å². The van der Waals surface area contributed by atoms with E-state index < -0.39 is 5.60 Å². The van der Waals surface area contributed by atoms with Gasteiger partial charge in [0.15, 0.2) is 0 Å².